The van der Waals surface area contributed by atoms with Gasteiger partial charge in [-0.05, 0) is 55.0 Å². The molecular weight excluding hydrogens is 286 g/mol. The zero-order valence-electron chi connectivity index (χ0n) is 12.1. The van der Waals surface area contributed by atoms with Gasteiger partial charge in [-0.25, -0.2) is 0 Å². The van der Waals surface area contributed by atoms with Gasteiger partial charge in [0, 0.05) is 17.8 Å². The second kappa shape index (κ2) is 7.47. The van der Waals surface area contributed by atoms with Gasteiger partial charge in [-0.15, -0.1) is 0 Å². The molecule has 1 aliphatic heterocycles. The van der Waals surface area contributed by atoms with Crippen LogP contribution < -0.4 is 16.4 Å². The summed E-state index contributed by atoms with van der Waals surface area (Å²) in [6, 6.07) is 5.06. The average molecular weight is 307 g/mol. The molecule has 0 radical (unpaired) electrons. The quantitative estimate of drug-likeness (QED) is 0.776. The van der Waals surface area contributed by atoms with E-state index < -0.39 is 6.04 Å². The molecule has 0 aromatic heterocycles. The maximum absolute atomic E-state index is 12.0. The molecule has 1 aromatic rings. The fourth-order valence-corrected chi connectivity index (χ4v) is 2.75. The molecule has 0 saturated carbocycles. The summed E-state index contributed by atoms with van der Waals surface area (Å²) in [6.45, 7) is 0. The van der Waals surface area contributed by atoms with E-state index in [2.05, 4.69) is 10.6 Å². The van der Waals surface area contributed by atoms with E-state index in [0.717, 1.165) is 35.5 Å². The van der Waals surface area contributed by atoms with Gasteiger partial charge >= 0.3 is 0 Å². The molecule has 0 unspecified atom stereocenters. The second-order valence-corrected chi connectivity index (χ2v) is 6.14. The summed E-state index contributed by atoms with van der Waals surface area (Å²) < 4.78 is 0. The summed E-state index contributed by atoms with van der Waals surface area (Å²) in [5.41, 5.74) is 8.47. The number of aryl methyl sites for hydroxylation is 1. The Balaban J connectivity index is 2.03. The van der Waals surface area contributed by atoms with Crippen LogP contribution in [0.2, 0.25) is 0 Å². The lowest BCUT2D eigenvalue weighted by molar-refractivity contribution is -0.117. The summed E-state index contributed by atoms with van der Waals surface area (Å²) in [7, 11) is 0. The van der Waals surface area contributed by atoms with Gasteiger partial charge in [-0.2, -0.15) is 11.8 Å². The summed E-state index contributed by atoms with van der Waals surface area (Å²) in [5, 5.41) is 5.72. The Kier molecular flexibility index (Phi) is 5.64. The zero-order valence-corrected chi connectivity index (χ0v) is 13.0. The van der Waals surface area contributed by atoms with Crippen molar-refractivity contribution < 1.29 is 9.59 Å². The number of hydrogen-bond acceptors (Lipinski definition) is 4. The molecule has 0 fully saturated rings. The van der Waals surface area contributed by atoms with Crippen molar-refractivity contribution in [3.63, 3.8) is 0 Å². The van der Waals surface area contributed by atoms with Gasteiger partial charge < -0.3 is 16.4 Å². The molecule has 4 N–H and O–H groups in total. The van der Waals surface area contributed by atoms with Crippen LogP contribution in [0.4, 0.5) is 11.4 Å². The third kappa shape index (κ3) is 4.47. The Hall–Kier alpha value is -1.53. The predicted molar refractivity (Wildman–Crippen MR) is 87.6 cm³/mol. The van der Waals surface area contributed by atoms with Crippen molar-refractivity contribution >= 4 is 35.0 Å². The summed E-state index contributed by atoms with van der Waals surface area (Å²) in [6.07, 6.45) is 4.84. The minimum atomic E-state index is -0.490. The SMILES string of the molecule is CSCC[C@H](N)C(=O)Nc1ccc2c(c1)CCCC(=O)N2. The van der Waals surface area contributed by atoms with Crippen LogP contribution in [0, 0.1) is 0 Å². The Bertz CT molecular complexity index is 534. The minimum absolute atomic E-state index is 0.0459. The monoisotopic (exact) mass is 307 g/mol. The number of rotatable bonds is 5. The summed E-state index contributed by atoms with van der Waals surface area (Å²) in [4.78, 5) is 23.5. The molecule has 0 saturated heterocycles. The molecule has 1 aliphatic rings. The highest BCUT2D eigenvalue weighted by atomic mass is 32.2. The first-order valence-electron chi connectivity index (χ1n) is 7.08. The van der Waals surface area contributed by atoms with E-state index in [0.29, 0.717) is 12.8 Å². The Morgan fingerprint density at radius 3 is 3.05 bits per heavy atom. The van der Waals surface area contributed by atoms with Gasteiger partial charge in [0.05, 0.1) is 6.04 Å². The van der Waals surface area contributed by atoms with E-state index in [4.69, 9.17) is 5.73 Å². The smallest absolute Gasteiger partial charge is 0.241 e. The molecular formula is C15H21N3O2S. The van der Waals surface area contributed by atoms with Gasteiger partial charge in [0.1, 0.15) is 0 Å². The number of benzene rings is 1. The van der Waals surface area contributed by atoms with E-state index in [-0.39, 0.29) is 11.8 Å². The first-order valence-corrected chi connectivity index (χ1v) is 8.47. The van der Waals surface area contributed by atoms with E-state index in [1.54, 1.807) is 17.8 Å². The maximum atomic E-state index is 12.0. The molecule has 2 rings (SSSR count). The van der Waals surface area contributed by atoms with Gasteiger partial charge in [0.15, 0.2) is 0 Å². The zero-order chi connectivity index (χ0) is 15.2. The number of anilines is 2. The number of amides is 2. The van der Waals surface area contributed by atoms with Crippen molar-refractivity contribution in [3.8, 4) is 0 Å². The molecule has 1 atom stereocenters. The molecule has 6 heteroatoms. The van der Waals surface area contributed by atoms with Crippen molar-refractivity contribution in [2.75, 3.05) is 22.6 Å². The Morgan fingerprint density at radius 1 is 1.48 bits per heavy atom. The molecule has 0 bridgehead atoms. The largest absolute Gasteiger partial charge is 0.326 e. The van der Waals surface area contributed by atoms with Crippen LogP contribution in [0.5, 0.6) is 0 Å². The maximum Gasteiger partial charge on any atom is 0.241 e. The van der Waals surface area contributed by atoms with Crippen molar-refractivity contribution in [2.24, 2.45) is 5.73 Å². The van der Waals surface area contributed by atoms with Crippen LogP contribution in [-0.4, -0.2) is 29.9 Å². The molecule has 114 valence electrons. The highest BCUT2D eigenvalue weighted by molar-refractivity contribution is 7.98. The molecule has 2 amide bonds. The van der Waals surface area contributed by atoms with E-state index in [9.17, 15) is 9.59 Å². The lowest BCUT2D eigenvalue weighted by Crippen LogP contribution is -2.36. The van der Waals surface area contributed by atoms with Gasteiger partial charge in [-0.3, -0.25) is 9.59 Å². The first-order chi connectivity index (χ1) is 10.1. The Morgan fingerprint density at radius 2 is 2.29 bits per heavy atom. The lowest BCUT2D eigenvalue weighted by atomic mass is 10.1. The molecule has 21 heavy (non-hydrogen) atoms. The first kappa shape index (κ1) is 15.9. The van der Waals surface area contributed by atoms with Crippen LogP contribution in [0.1, 0.15) is 24.8 Å². The van der Waals surface area contributed by atoms with Gasteiger partial charge in [0.25, 0.3) is 0 Å². The van der Waals surface area contributed by atoms with Crippen LogP contribution in [0.15, 0.2) is 18.2 Å². The van der Waals surface area contributed by atoms with Gasteiger partial charge in [-0.1, -0.05) is 0 Å². The minimum Gasteiger partial charge on any atom is -0.326 e. The molecule has 1 heterocycles. The molecule has 1 aromatic carbocycles. The number of thioether (sulfide) groups is 1. The van der Waals surface area contributed by atoms with E-state index in [1.807, 2.05) is 18.4 Å². The topological polar surface area (TPSA) is 84.2 Å². The van der Waals surface area contributed by atoms with Crippen LogP contribution in [0.3, 0.4) is 0 Å². The number of hydrogen-bond donors (Lipinski definition) is 3. The van der Waals surface area contributed by atoms with Crippen molar-refractivity contribution in [1.82, 2.24) is 0 Å². The van der Waals surface area contributed by atoms with Crippen molar-refractivity contribution in [3.05, 3.63) is 23.8 Å². The van der Waals surface area contributed by atoms with Crippen molar-refractivity contribution in [1.29, 1.82) is 0 Å². The number of carbonyl (C=O) groups excluding carboxylic acids is 2. The van der Waals surface area contributed by atoms with E-state index in [1.165, 1.54) is 0 Å². The molecule has 0 aliphatic carbocycles. The fraction of sp³-hybridized carbons (Fsp3) is 0.467. The third-order valence-corrected chi connectivity index (χ3v) is 4.11. The van der Waals surface area contributed by atoms with E-state index >= 15 is 0 Å². The van der Waals surface area contributed by atoms with Gasteiger partial charge in [0.2, 0.25) is 11.8 Å². The Labute approximate surface area is 129 Å². The molecule has 0 spiro atoms. The highest BCUT2D eigenvalue weighted by Crippen LogP contribution is 2.25. The number of fused-ring (bicyclic) bond motifs is 1. The normalized spacial score (nSPS) is 15.6. The van der Waals surface area contributed by atoms with Crippen LogP contribution in [-0.2, 0) is 16.0 Å². The third-order valence-electron chi connectivity index (χ3n) is 3.47. The number of nitrogens with two attached hydrogens (primary N) is 1. The van der Waals surface area contributed by atoms with Crippen molar-refractivity contribution in [2.45, 2.75) is 31.7 Å². The standard InChI is InChI=1S/C15H21N3O2S/c1-21-8-7-12(16)15(20)17-11-5-6-13-10(9-11)3-2-4-14(19)18-13/h5-6,9,12H,2-4,7-8,16H2,1H3,(H,17,20)(H,18,19)/t12-/m0/s1. The highest BCUT2D eigenvalue weighted by Gasteiger charge is 2.16. The fourth-order valence-electron chi connectivity index (χ4n) is 2.26. The summed E-state index contributed by atoms with van der Waals surface area (Å²) >= 11 is 1.67. The van der Waals surface area contributed by atoms with Crippen LogP contribution >= 0.6 is 11.8 Å². The second-order valence-electron chi connectivity index (χ2n) is 5.15. The number of nitrogens with one attached hydrogen (secondary N) is 2. The average Bonchev–Trinajstić information content (AvgIpc) is 2.65. The molecule has 5 nitrogen and oxygen atoms in total. The van der Waals surface area contributed by atoms with Crippen LogP contribution in [0.25, 0.3) is 0 Å². The number of carbonyl (C=O) groups is 2. The lowest BCUT2D eigenvalue weighted by Gasteiger charge is -2.13. The predicted octanol–water partition coefficient (Wildman–Crippen LogP) is 1.98. The summed E-state index contributed by atoms with van der Waals surface area (Å²) in [5.74, 6) is 0.747.